The van der Waals surface area contributed by atoms with Crippen molar-refractivity contribution in [2.24, 2.45) is 0 Å². The normalized spacial score (nSPS) is 10.8. The largest absolute Gasteiger partial charge is 1.00 e. The maximum absolute atomic E-state index is 12.5. The van der Waals surface area contributed by atoms with E-state index >= 15 is 0 Å². The van der Waals surface area contributed by atoms with Crippen molar-refractivity contribution in [3.63, 3.8) is 0 Å². The van der Waals surface area contributed by atoms with Crippen LogP contribution >= 0.6 is 11.6 Å². The first-order valence-electron chi connectivity index (χ1n) is 5.47. The number of benzene rings is 1. The summed E-state index contributed by atoms with van der Waals surface area (Å²) in [5, 5.41) is 0.548. The summed E-state index contributed by atoms with van der Waals surface area (Å²) in [6, 6.07) is 7.86. The molecule has 0 N–H and O–H groups in total. The van der Waals surface area contributed by atoms with E-state index in [1.807, 2.05) is 0 Å². The summed E-state index contributed by atoms with van der Waals surface area (Å²) in [7, 11) is 0. The minimum Gasteiger partial charge on any atom is -0.487 e. The van der Waals surface area contributed by atoms with Crippen LogP contribution in [0.3, 0.4) is 0 Å². The summed E-state index contributed by atoms with van der Waals surface area (Å²) in [5.74, 6) is 0.0803. The second-order valence-electron chi connectivity index (χ2n) is 3.95. The molecule has 2 nitrogen and oxygen atoms in total. The fourth-order valence-electron chi connectivity index (χ4n) is 1.49. The van der Waals surface area contributed by atoms with E-state index in [2.05, 4.69) is 4.98 Å². The average Bonchev–Trinajstić information content (AvgIpc) is 2.36. The Morgan fingerprint density at radius 2 is 1.90 bits per heavy atom. The van der Waals surface area contributed by atoms with E-state index < -0.39 is 12.4 Å². The molecule has 0 unspecified atom stereocenters. The molecule has 0 aliphatic heterocycles. The van der Waals surface area contributed by atoms with Gasteiger partial charge in [0.1, 0.15) is 12.4 Å². The van der Waals surface area contributed by atoms with Crippen molar-refractivity contribution in [2.75, 3.05) is 0 Å². The van der Waals surface area contributed by atoms with E-state index in [1.54, 1.807) is 24.3 Å². The van der Waals surface area contributed by atoms with E-state index in [4.69, 9.17) is 16.3 Å². The Bertz CT molecular complexity index is 583. The molecule has 0 atom stereocenters. The second kappa shape index (κ2) is 7.82. The average molecular weight is 326 g/mol. The number of aromatic nitrogens is 1. The monoisotopic (exact) mass is 325 g/mol. The maximum atomic E-state index is 12.5. The van der Waals surface area contributed by atoms with E-state index in [9.17, 15) is 12.9 Å². The molecule has 0 aliphatic carbocycles. The van der Waals surface area contributed by atoms with Crippen LogP contribution < -0.4 is 61.6 Å². The number of hydrogen-bond acceptors (Lipinski definition) is 2. The number of rotatable bonds is 4. The molecule has 2 aromatic rings. The van der Waals surface area contributed by atoms with Crippen LogP contribution in [-0.4, -0.2) is 12.0 Å². The number of halogens is 4. The van der Waals surface area contributed by atoms with E-state index in [-0.39, 0.29) is 63.7 Å². The van der Waals surface area contributed by atoms with Crippen molar-refractivity contribution < 1.29 is 69.1 Å². The van der Waals surface area contributed by atoms with E-state index in [0.29, 0.717) is 5.02 Å². The number of nitrogens with zero attached hydrogens (tertiary/aromatic N) is 1. The molecular weight excluding hydrogens is 316 g/mol. The molecule has 2 rings (SSSR count). The summed E-state index contributed by atoms with van der Waals surface area (Å²) in [5.41, 5.74) is -0.000911. The Morgan fingerprint density at radius 1 is 1.15 bits per heavy atom. The third-order valence-electron chi connectivity index (χ3n) is 2.41. The molecule has 0 saturated carbocycles. The van der Waals surface area contributed by atoms with Gasteiger partial charge >= 0.3 is 58.4 Å². The smallest absolute Gasteiger partial charge is 0.487 e. The molecule has 0 bridgehead atoms. The van der Waals surface area contributed by atoms with Gasteiger partial charge in [-0.15, -0.1) is 0 Å². The summed E-state index contributed by atoms with van der Waals surface area (Å²) in [4.78, 5) is 3.53. The van der Waals surface area contributed by atoms with Gasteiger partial charge in [0.05, 0.1) is 6.20 Å². The minimum absolute atomic E-state index is 0. The van der Waals surface area contributed by atoms with Crippen LogP contribution in [0.4, 0.5) is 12.9 Å². The SMILES string of the molecule is F[B-](F)(F)c1cncc(OCc2cccc(Cl)c2)c1.[K+]. The van der Waals surface area contributed by atoms with E-state index in [1.165, 1.54) is 6.20 Å². The summed E-state index contributed by atoms with van der Waals surface area (Å²) in [6.07, 6.45) is 2.03. The first kappa shape index (κ1) is 18.0. The molecule has 0 amide bonds. The zero-order valence-corrected chi connectivity index (χ0v) is 14.6. The number of ether oxygens (including phenoxy) is 1. The topological polar surface area (TPSA) is 22.1 Å². The van der Waals surface area contributed by atoms with Gasteiger partial charge in [0, 0.05) is 11.2 Å². The van der Waals surface area contributed by atoms with E-state index in [0.717, 1.165) is 17.8 Å². The van der Waals surface area contributed by atoms with Crippen molar-refractivity contribution in [1.82, 2.24) is 4.98 Å². The van der Waals surface area contributed by atoms with Crippen LogP contribution in [0.2, 0.25) is 5.02 Å². The quantitative estimate of drug-likeness (QED) is 0.758. The van der Waals surface area contributed by atoms with Gasteiger partial charge in [-0.1, -0.05) is 29.2 Å². The molecule has 0 spiro atoms. The van der Waals surface area contributed by atoms with Crippen LogP contribution in [0.5, 0.6) is 5.75 Å². The van der Waals surface area contributed by atoms with Gasteiger partial charge in [-0.2, -0.15) is 0 Å². The van der Waals surface area contributed by atoms with Crippen molar-refractivity contribution in [3.8, 4) is 5.75 Å². The second-order valence-corrected chi connectivity index (χ2v) is 4.38. The van der Waals surface area contributed by atoms with Crippen molar-refractivity contribution >= 4 is 24.0 Å². The fourth-order valence-corrected chi connectivity index (χ4v) is 1.70. The third kappa shape index (κ3) is 5.38. The molecule has 0 fully saturated rings. The van der Waals surface area contributed by atoms with Crippen molar-refractivity contribution in [1.29, 1.82) is 0 Å². The Morgan fingerprint density at radius 3 is 2.55 bits per heavy atom. The molecule has 0 radical (unpaired) electrons. The standard InChI is InChI=1S/C12H9BClF3NO.K/c14-11-3-1-2-9(4-11)8-19-12-5-10(6-18-7-12)13(15,16)17;/h1-7H,8H2;/q-1;+1. The van der Waals surface area contributed by atoms with Crippen molar-refractivity contribution in [3.05, 3.63) is 53.3 Å². The summed E-state index contributed by atoms with van der Waals surface area (Å²) < 4.78 is 42.9. The van der Waals surface area contributed by atoms with Crippen molar-refractivity contribution in [2.45, 2.75) is 6.61 Å². The van der Waals surface area contributed by atoms with Gasteiger partial charge < -0.3 is 17.7 Å². The van der Waals surface area contributed by atoms with Gasteiger partial charge in [0.15, 0.2) is 0 Å². The molecule has 0 aliphatic rings. The number of pyridine rings is 1. The Balaban J connectivity index is 0.00000200. The molecule has 1 aromatic carbocycles. The Kier molecular flexibility index (Phi) is 7.04. The molecule has 0 saturated heterocycles. The van der Waals surface area contributed by atoms with Gasteiger partial charge in [-0.05, 0) is 23.8 Å². The van der Waals surface area contributed by atoms with Crippen LogP contribution in [0.1, 0.15) is 5.56 Å². The van der Waals surface area contributed by atoms with Gasteiger partial charge in [0.2, 0.25) is 0 Å². The first-order valence-corrected chi connectivity index (χ1v) is 5.85. The van der Waals surface area contributed by atoms with Crippen LogP contribution in [0, 0.1) is 0 Å². The van der Waals surface area contributed by atoms with Gasteiger partial charge in [-0.25, -0.2) is 0 Å². The zero-order chi connectivity index (χ0) is 13.9. The predicted octanol–water partition coefficient (Wildman–Crippen LogP) is 0.372. The third-order valence-corrected chi connectivity index (χ3v) is 2.64. The van der Waals surface area contributed by atoms with Crippen LogP contribution in [0.25, 0.3) is 0 Å². The zero-order valence-electron chi connectivity index (χ0n) is 10.7. The first-order chi connectivity index (χ1) is 8.95. The van der Waals surface area contributed by atoms with Crippen LogP contribution in [0.15, 0.2) is 42.7 Å². The van der Waals surface area contributed by atoms with Gasteiger partial charge in [-0.3, -0.25) is 4.98 Å². The number of hydrogen-bond donors (Lipinski definition) is 0. The molecule has 1 heterocycles. The molecule has 8 heteroatoms. The molecule has 1 aromatic heterocycles. The minimum atomic E-state index is -5.07. The van der Waals surface area contributed by atoms with Crippen LogP contribution in [-0.2, 0) is 6.61 Å². The molecule has 100 valence electrons. The Hall–Kier alpha value is -0.0487. The maximum Gasteiger partial charge on any atom is 1.00 e. The summed E-state index contributed by atoms with van der Waals surface area (Å²) >= 11 is 5.80. The van der Waals surface area contributed by atoms with Gasteiger partial charge in [0.25, 0.3) is 0 Å². The molecule has 20 heavy (non-hydrogen) atoms. The summed E-state index contributed by atoms with van der Waals surface area (Å²) in [6.45, 7) is -4.93. The Labute approximate surface area is 162 Å². The molecular formula is C12H9BClF3KNO. The fraction of sp³-hybridized carbons (Fsp3) is 0.0833. The predicted molar refractivity (Wildman–Crippen MR) is 68.7 cm³/mol.